The van der Waals surface area contributed by atoms with Crippen molar-refractivity contribution in [3.8, 4) is 22.8 Å². The van der Waals surface area contributed by atoms with E-state index in [1.54, 1.807) is 36.2 Å². The molecule has 0 bridgehead atoms. The number of hydrogen-bond donors (Lipinski definition) is 8. The molecule has 2 saturated carbocycles. The van der Waals surface area contributed by atoms with Crippen LogP contribution >= 0.6 is 0 Å². The number of aliphatic carboxylic acids is 1. The van der Waals surface area contributed by atoms with Crippen molar-refractivity contribution in [2.24, 2.45) is 11.5 Å². The molecule has 2 amide bonds. The number of fused-ring (bicyclic) bond motifs is 10. The van der Waals surface area contributed by atoms with Crippen LogP contribution in [0.25, 0.3) is 44.6 Å². The van der Waals surface area contributed by atoms with E-state index in [2.05, 4.69) is 32.7 Å². The first-order valence-corrected chi connectivity index (χ1v) is 33.4. The number of nitrogens with zero attached hydrogens (tertiary/aromatic N) is 4. The Morgan fingerprint density at radius 2 is 1.25 bits per heavy atom. The van der Waals surface area contributed by atoms with Gasteiger partial charge in [-0.05, 0) is 129 Å². The number of esters is 3. The molecule has 2 fully saturated rings. The molecule has 6 aliphatic rings. The maximum atomic E-state index is 13.8. The first kappa shape index (κ1) is 72.4. The Hall–Kier alpha value is -8.92. The standard InChI is InChI=1S/C38H46N6O8.C22H21N3O4.C7H13NO3.C4H9N/c1-4-38(28-17-31-35-24(16-23-8-5-6-11-30(23)43-35)20-44(31)36(49)27(28)21-51-37(38)50)52-34(48)19-41-32(46)14-12-26(39-3)18-40-29(22(2)45)13-15-33(47)42-25-9-7-10-25;1-2-22(29-19(26)9-23)12-28-11-15-16(22)8-18-20-14(10-25(18)21(15)27)7-13-5-3-4-6-17(13)24-20;1-5(9)6(8-2)3-4-7(10)11;5-4-2-1-3-4/h5-6,8,11,16-17,25-26,29,39-40H,4,7,9-10,12-15,18-21H2,1-3H3,(H,41,46)(H,42,47);3-8H,2,9-12,23H2,1H3;6,8H,3-4H2,1-2H3,(H,10,11);4H,1-3,5H2/t26?,29?,38-;22-;;/m01../s1. The van der Waals surface area contributed by atoms with Gasteiger partial charge in [0.15, 0.2) is 5.60 Å². The molecule has 5 atom stereocenters. The van der Waals surface area contributed by atoms with Crippen LogP contribution in [-0.2, 0) is 94.8 Å². The smallest absolute Gasteiger partial charge is 0.355 e. The number of ketones is 2. The van der Waals surface area contributed by atoms with E-state index in [0.717, 1.165) is 63.6 Å². The molecule has 2 aliphatic carbocycles. The highest BCUT2D eigenvalue weighted by Crippen LogP contribution is 2.43. The Morgan fingerprint density at radius 3 is 1.75 bits per heavy atom. The lowest BCUT2D eigenvalue weighted by atomic mass is 9.85. The van der Waals surface area contributed by atoms with Crippen LogP contribution < -0.4 is 49.2 Å². The van der Waals surface area contributed by atoms with E-state index in [-0.39, 0.29) is 110 Å². The Kier molecular flexibility index (Phi) is 24.2. The highest BCUT2D eigenvalue weighted by atomic mass is 16.6. The fourth-order valence-electron chi connectivity index (χ4n) is 12.7. The molecular weight excluding hydrogens is 1250 g/mol. The average molecular weight is 1340 g/mol. The van der Waals surface area contributed by atoms with Crippen LogP contribution in [0.1, 0.15) is 151 Å². The van der Waals surface area contributed by atoms with Crippen LogP contribution in [0.5, 0.6) is 0 Å². The number of cyclic esters (lactones) is 1. The number of Topliss-reactive ketones (excluding diaryl/α,β-unsaturated/α-hetero) is 2. The first-order chi connectivity index (χ1) is 46.5. The summed E-state index contributed by atoms with van der Waals surface area (Å²) in [6.07, 6.45) is 8.98. The summed E-state index contributed by atoms with van der Waals surface area (Å²) < 4.78 is 26.0. The summed E-state index contributed by atoms with van der Waals surface area (Å²) in [6.45, 7) is 7.10. The van der Waals surface area contributed by atoms with Crippen LogP contribution in [0.4, 0.5) is 0 Å². The molecule has 12 rings (SSSR count). The van der Waals surface area contributed by atoms with Gasteiger partial charge in [-0.3, -0.25) is 43.2 Å². The quantitative estimate of drug-likeness (QED) is 0.0300. The van der Waals surface area contributed by atoms with Crippen LogP contribution in [0.3, 0.4) is 0 Å². The van der Waals surface area contributed by atoms with Crippen LogP contribution in [-0.4, -0.2) is 142 Å². The fourth-order valence-corrected chi connectivity index (χ4v) is 12.7. The summed E-state index contributed by atoms with van der Waals surface area (Å²) in [5.74, 6) is -3.58. The van der Waals surface area contributed by atoms with E-state index in [9.17, 15) is 47.9 Å². The van der Waals surface area contributed by atoms with Crippen LogP contribution in [0, 0.1) is 0 Å². The Balaban J connectivity index is 0.000000202. The first-order valence-electron chi connectivity index (χ1n) is 33.4. The van der Waals surface area contributed by atoms with Crippen molar-refractivity contribution < 1.29 is 62.4 Å². The molecule has 2 aromatic carbocycles. The number of carboxylic acid groups (broad SMARTS) is 1. The van der Waals surface area contributed by atoms with Gasteiger partial charge < -0.3 is 71.2 Å². The predicted molar refractivity (Wildman–Crippen MR) is 361 cm³/mol. The number of aromatic nitrogens is 4. The SMILES string of the molecule is CC[C@@]1(OC(=O)CN)COCc2c1cc1n(c2=O)Cc2cc3ccccc3nc2-1.CC[C@@]1(OC(=O)CNC(=O)CCC(CNC(CCC(=O)NC2CCC2)C(C)=O)NC)C(=O)OCc2c1cc1n(c2=O)Cc2cc3ccccc3nc2-1.CNC(CCC(=O)O)C(C)=O.NC1CCC1. The number of nitrogens with one attached hydrogen (secondary N) is 5. The third-order valence-electron chi connectivity index (χ3n) is 19.0. The van der Waals surface area contributed by atoms with Crippen LogP contribution in [0.2, 0.25) is 0 Å². The van der Waals surface area contributed by atoms with Crippen molar-refractivity contribution >= 4 is 69.1 Å². The second-order valence-corrected chi connectivity index (χ2v) is 25.4. The number of nitrogens with two attached hydrogens (primary N) is 2. The lowest BCUT2D eigenvalue weighted by molar-refractivity contribution is -0.189. The molecule has 0 radical (unpaired) electrons. The topological polar surface area (TPSA) is 376 Å². The van der Waals surface area contributed by atoms with E-state index in [0.29, 0.717) is 73.9 Å². The molecule has 518 valence electrons. The summed E-state index contributed by atoms with van der Waals surface area (Å²) in [6, 6.07) is 23.1. The molecule has 26 heteroatoms. The average Bonchev–Trinajstić information content (AvgIpc) is 1.70. The summed E-state index contributed by atoms with van der Waals surface area (Å²) in [5.41, 5.74) is 15.4. The zero-order valence-corrected chi connectivity index (χ0v) is 56.0. The zero-order chi connectivity index (χ0) is 69.7. The lowest BCUT2D eigenvalue weighted by Crippen LogP contribution is -2.48. The highest BCUT2D eigenvalue weighted by molar-refractivity contribution is 5.90. The van der Waals surface area contributed by atoms with Crippen molar-refractivity contribution in [1.29, 1.82) is 0 Å². The molecule has 4 aromatic heterocycles. The number of rotatable bonds is 24. The van der Waals surface area contributed by atoms with E-state index in [4.69, 9.17) is 45.5 Å². The van der Waals surface area contributed by atoms with Gasteiger partial charge in [0, 0.05) is 77.0 Å². The van der Waals surface area contributed by atoms with Gasteiger partial charge in [-0.2, -0.15) is 0 Å². The second-order valence-electron chi connectivity index (χ2n) is 25.4. The van der Waals surface area contributed by atoms with E-state index < -0.39 is 53.6 Å². The summed E-state index contributed by atoms with van der Waals surface area (Å²) in [5, 5.41) is 24.9. The maximum Gasteiger partial charge on any atom is 0.355 e. The number of hydrogen-bond acceptors (Lipinski definition) is 21. The number of carbonyl (C=O) groups is 8. The number of para-hydroxylation sites is 2. The molecule has 97 heavy (non-hydrogen) atoms. The monoisotopic (exact) mass is 1340 g/mol. The molecular formula is C71H89N11O15. The minimum absolute atomic E-state index is 0.00269. The fraction of sp³-hybridized carbons (Fsp3) is 0.493. The third-order valence-corrected chi connectivity index (χ3v) is 19.0. The van der Waals surface area contributed by atoms with Crippen molar-refractivity contribution in [3.05, 3.63) is 127 Å². The van der Waals surface area contributed by atoms with E-state index in [1.807, 2.05) is 67.6 Å². The maximum absolute atomic E-state index is 13.8. The zero-order valence-electron chi connectivity index (χ0n) is 56.0. The molecule has 6 aromatic rings. The second kappa shape index (κ2) is 32.4. The summed E-state index contributed by atoms with van der Waals surface area (Å²) >= 11 is 0. The number of likely N-dealkylation sites (N-methyl/N-ethyl adjacent to an activating group) is 2. The van der Waals surface area contributed by atoms with Crippen molar-refractivity contribution in [2.45, 2.75) is 185 Å². The third kappa shape index (κ3) is 16.7. The van der Waals surface area contributed by atoms with E-state index in [1.165, 1.54) is 33.1 Å². The number of carboxylic acids is 1. The summed E-state index contributed by atoms with van der Waals surface area (Å²) in [7, 11) is 3.40. The van der Waals surface area contributed by atoms with E-state index >= 15 is 0 Å². The van der Waals surface area contributed by atoms with Gasteiger partial charge in [0.05, 0.1) is 89.9 Å². The van der Waals surface area contributed by atoms with Gasteiger partial charge in [0.2, 0.25) is 17.4 Å². The number of pyridine rings is 4. The molecule has 3 unspecified atom stereocenters. The number of carbonyl (C=O) groups excluding carboxylic acids is 7. The van der Waals surface area contributed by atoms with Gasteiger partial charge in [-0.15, -0.1) is 0 Å². The molecule has 8 heterocycles. The van der Waals surface area contributed by atoms with Crippen molar-refractivity contribution in [3.63, 3.8) is 0 Å². The molecule has 10 N–H and O–H groups in total. The molecule has 26 nitrogen and oxygen atoms in total. The van der Waals surface area contributed by atoms with Crippen molar-refractivity contribution in [2.75, 3.05) is 40.3 Å². The number of amides is 2. The Bertz CT molecular complexity index is 4090. The van der Waals surface area contributed by atoms with Gasteiger partial charge in [0.1, 0.15) is 24.7 Å². The van der Waals surface area contributed by atoms with Gasteiger partial charge in [-0.25, -0.2) is 14.8 Å². The molecule has 0 saturated heterocycles. The molecule has 4 aliphatic heterocycles. The lowest BCUT2D eigenvalue weighted by Gasteiger charge is -2.37. The minimum Gasteiger partial charge on any atom is -0.481 e. The Morgan fingerprint density at radius 1 is 0.691 bits per heavy atom. The van der Waals surface area contributed by atoms with Crippen LogP contribution in [0.15, 0.2) is 82.4 Å². The number of benzene rings is 2. The summed E-state index contributed by atoms with van der Waals surface area (Å²) in [4.78, 5) is 133. The largest absolute Gasteiger partial charge is 0.481 e. The van der Waals surface area contributed by atoms with Gasteiger partial charge >= 0.3 is 23.9 Å². The Labute approximate surface area is 561 Å². The number of ether oxygens (including phenoxy) is 4. The van der Waals surface area contributed by atoms with Crippen molar-refractivity contribution in [1.82, 2.24) is 45.7 Å². The highest BCUT2D eigenvalue weighted by Gasteiger charge is 2.51. The molecule has 0 spiro atoms. The minimum atomic E-state index is -1.88. The van der Waals surface area contributed by atoms with Gasteiger partial charge in [-0.1, -0.05) is 56.7 Å². The normalized spacial score (nSPS) is 18.6. The van der Waals surface area contributed by atoms with Gasteiger partial charge in [0.25, 0.3) is 11.1 Å². The predicted octanol–water partition coefficient (Wildman–Crippen LogP) is 4.70.